The third-order valence-corrected chi connectivity index (χ3v) is 5.17. The van der Waals surface area contributed by atoms with E-state index < -0.39 is 16.2 Å². The Morgan fingerprint density at radius 3 is 2.45 bits per heavy atom. The molecule has 110 valence electrons. The third-order valence-electron chi connectivity index (χ3n) is 3.82. The van der Waals surface area contributed by atoms with Crippen LogP contribution in [0.4, 0.5) is 0 Å². The molecule has 2 aliphatic rings. The highest BCUT2D eigenvalue weighted by Crippen LogP contribution is 2.33. The lowest BCUT2D eigenvalue weighted by atomic mass is 10.0. The summed E-state index contributed by atoms with van der Waals surface area (Å²) in [5.41, 5.74) is 1.00. The zero-order valence-corrected chi connectivity index (χ0v) is 12.3. The molecule has 0 N–H and O–H groups in total. The molecule has 0 spiro atoms. The summed E-state index contributed by atoms with van der Waals surface area (Å²) in [6, 6.07) is 6.60. The minimum absolute atomic E-state index is 0.0618. The summed E-state index contributed by atoms with van der Waals surface area (Å²) in [4.78, 5) is 0.164. The molecule has 0 bridgehead atoms. The Balaban J connectivity index is 1.76. The van der Waals surface area contributed by atoms with Crippen molar-refractivity contribution in [1.82, 2.24) is 0 Å². The molecule has 0 aromatic heterocycles. The fourth-order valence-corrected chi connectivity index (χ4v) is 3.73. The van der Waals surface area contributed by atoms with Crippen molar-refractivity contribution >= 4 is 10.1 Å². The first-order valence-electron chi connectivity index (χ1n) is 6.70. The van der Waals surface area contributed by atoms with Gasteiger partial charge in [0.05, 0.1) is 24.2 Å². The molecule has 4 atom stereocenters. The van der Waals surface area contributed by atoms with Crippen LogP contribution >= 0.6 is 0 Å². The first-order chi connectivity index (χ1) is 9.47. The monoisotopic (exact) mass is 298 g/mol. The van der Waals surface area contributed by atoms with E-state index in [4.69, 9.17) is 13.7 Å². The van der Waals surface area contributed by atoms with Gasteiger partial charge in [-0.25, -0.2) is 0 Å². The van der Waals surface area contributed by atoms with Gasteiger partial charge in [-0.05, 0) is 19.1 Å². The Hall–Kier alpha value is -0.950. The van der Waals surface area contributed by atoms with Gasteiger partial charge in [-0.3, -0.25) is 4.18 Å². The smallest absolute Gasteiger partial charge is 0.297 e. The van der Waals surface area contributed by atoms with Gasteiger partial charge in [-0.15, -0.1) is 0 Å². The van der Waals surface area contributed by atoms with E-state index in [2.05, 4.69) is 0 Å². The fraction of sp³-hybridized carbons (Fsp3) is 0.571. The second-order valence-electron chi connectivity index (χ2n) is 5.48. The van der Waals surface area contributed by atoms with Crippen molar-refractivity contribution in [1.29, 1.82) is 0 Å². The molecular formula is C14H18O5S. The van der Waals surface area contributed by atoms with Gasteiger partial charge in [-0.1, -0.05) is 24.6 Å². The van der Waals surface area contributed by atoms with Crippen LogP contribution in [-0.4, -0.2) is 39.9 Å². The van der Waals surface area contributed by atoms with Crippen molar-refractivity contribution in [2.45, 2.75) is 37.1 Å². The topological polar surface area (TPSA) is 61.8 Å². The molecule has 0 radical (unpaired) electrons. The molecule has 2 fully saturated rings. The standard InChI is InChI=1S/C14H18O5S/c1-9-3-5-11(6-4-9)20(15,16)19-12-8-18-13-10(2)7-17-14(12)13/h3-6,10,12-14H,7-8H2,1-2H3. The van der Waals surface area contributed by atoms with Crippen LogP contribution < -0.4 is 0 Å². The summed E-state index contributed by atoms with van der Waals surface area (Å²) in [6.45, 7) is 4.77. The van der Waals surface area contributed by atoms with Crippen LogP contribution in [0.15, 0.2) is 29.2 Å². The number of hydrogen-bond donors (Lipinski definition) is 0. The van der Waals surface area contributed by atoms with E-state index in [-0.39, 0.29) is 29.6 Å². The van der Waals surface area contributed by atoms with E-state index in [0.29, 0.717) is 6.61 Å². The average Bonchev–Trinajstić information content (AvgIpc) is 2.95. The predicted molar refractivity (Wildman–Crippen MR) is 71.9 cm³/mol. The van der Waals surface area contributed by atoms with Crippen molar-refractivity contribution in [3.05, 3.63) is 29.8 Å². The molecule has 0 saturated carbocycles. The van der Waals surface area contributed by atoms with Gasteiger partial charge in [0.25, 0.3) is 10.1 Å². The van der Waals surface area contributed by atoms with Crippen molar-refractivity contribution in [3.63, 3.8) is 0 Å². The van der Waals surface area contributed by atoms with E-state index in [0.717, 1.165) is 5.56 Å². The fourth-order valence-electron chi connectivity index (χ4n) is 2.66. The van der Waals surface area contributed by atoms with Crippen LogP contribution in [0.2, 0.25) is 0 Å². The summed E-state index contributed by atoms with van der Waals surface area (Å²) < 4.78 is 41.0. The zero-order valence-electron chi connectivity index (χ0n) is 11.5. The van der Waals surface area contributed by atoms with Crippen LogP contribution in [0.25, 0.3) is 0 Å². The molecule has 2 heterocycles. The molecule has 20 heavy (non-hydrogen) atoms. The van der Waals surface area contributed by atoms with Crippen LogP contribution in [0.1, 0.15) is 12.5 Å². The molecule has 4 unspecified atom stereocenters. The molecule has 5 nitrogen and oxygen atoms in total. The third kappa shape index (κ3) is 2.48. The Bertz CT molecular complexity index is 580. The SMILES string of the molecule is Cc1ccc(S(=O)(=O)OC2COC3C(C)COC23)cc1. The van der Waals surface area contributed by atoms with Crippen LogP contribution in [0.5, 0.6) is 0 Å². The van der Waals surface area contributed by atoms with Crippen LogP contribution in [0.3, 0.4) is 0 Å². The lowest BCUT2D eigenvalue weighted by Crippen LogP contribution is -2.32. The highest BCUT2D eigenvalue weighted by atomic mass is 32.2. The zero-order chi connectivity index (χ0) is 14.3. The molecule has 1 aromatic rings. The average molecular weight is 298 g/mol. The van der Waals surface area contributed by atoms with Gasteiger partial charge in [0, 0.05) is 5.92 Å². The minimum atomic E-state index is -3.78. The van der Waals surface area contributed by atoms with E-state index in [9.17, 15) is 8.42 Å². The normalized spacial score (nSPS) is 33.3. The Kier molecular flexibility index (Phi) is 3.58. The van der Waals surface area contributed by atoms with Crippen molar-refractivity contribution in [2.24, 2.45) is 5.92 Å². The second kappa shape index (κ2) is 5.11. The number of aryl methyl sites for hydroxylation is 1. The highest BCUT2D eigenvalue weighted by Gasteiger charge is 2.48. The molecule has 2 saturated heterocycles. The maximum absolute atomic E-state index is 12.2. The van der Waals surface area contributed by atoms with Gasteiger partial charge in [-0.2, -0.15) is 8.42 Å². The summed E-state index contributed by atoms with van der Waals surface area (Å²) in [6.07, 6.45) is -0.908. The number of rotatable bonds is 3. The van der Waals surface area contributed by atoms with E-state index in [1.165, 1.54) is 0 Å². The number of hydrogen-bond acceptors (Lipinski definition) is 5. The number of fused-ring (bicyclic) bond motifs is 1. The molecule has 3 rings (SSSR count). The Morgan fingerprint density at radius 2 is 1.75 bits per heavy atom. The van der Waals surface area contributed by atoms with Crippen LogP contribution in [0, 0.1) is 12.8 Å². The Morgan fingerprint density at radius 1 is 1.10 bits per heavy atom. The number of benzene rings is 1. The first kappa shape index (κ1) is 14.0. The maximum atomic E-state index is 12.2. The second-order valence-corrected chi connectivity index (χ2v) is 7.05. The lowest BCUT2D eigenvalue weighted by molar-refractivity contribution is 0.0328. The Labute approximate surface area is 119 Å². The van der Waals surface area contributed by atoms with Gasteiger partial charge in [0.1, 0.15) is 12.2 Å². The summed E-state index contributed by atoms with van der Waals surface area (Å²) >= 11 is 0. The van der Waals surface area contributed by atoms with Gasteiger partial charge in [0.2, 0.25) is 0 Å². The highest BCUT2D eigenvalue weighted by molar-refractivity contribution is 7.86. The summed E-state index contributed by atoms with van der Waals surface area (Å²) in [5.74, 6) is 0.274. The van der Waals surface area contributed by atoms with Gasteiger partial charge < -0.3 is 9.47 Å². The summed E-state index contributed by atoms with van der Waals surface area (Å²) in [5, 5.41) is 0. The molecule has 2 aliphatic heterocycles. The van der Waals surface area contributed by atoms with E-state index in [1.807, 2.05) is 13.8 Å². The van der Waals surface area contributed by atoms with Crippen molar-refractivity contribution < 1.29 is 22.1 Å². The quantitative estimate of drug-likeness (QED) is 0.791. The molecular weight excluding hydrogens is 280 g/mol. The van der Waals surface area contributed by atoms with Crippen LogP contribution in [-0.2, 0) is 23.8 Å². The van der Waals surface area contributed by atoms with E-state index >= 15 is 0 Å². The number of ether oxygens (including phenoxy) is 2. The van der Waals surface area contributed by atoms with Gasteiger partial charge in [0.15, 0.2) is 0 Å². The first-order valence-corrected chi connectivity index (χ1v) is 8.11. The molecule has 0 aliphatic carbocycles. The molecule has 1 aromatic carbocycles. The molecule has 0 amide bonds. The van der Waals surface area contributed by atoms with Crippen molar-refractivity contribution in [3.8, 4) is 0 Å². The summed E-state index contributed by atoms with van der Waals surface area (Å²) in [7, 11) is -3.78. The van der Waals surface area contributed by atoms with E-state index in [1.54, 1.807) is 24.3 Å². The largest absolute Gasteiger partial charge is 0.372 e. The van der Waals surface area contributed by atoms with Gasteiger partial charge >= 0.3 is 0 Å². The molecule has 6 heteroatoms. The predicted octanol–water partition coefficient (Wildman–Crippen LogP) is 1.50. The maximum Gasteiger partial charge on any atom is 0.297 e. The lowest BCUT2D eigenvalue weighted by Gasteiger charge is -2.16. The van der Waals surface area contributed by atoms with Crippen molar-refractivity contribution in [2.75, 3.05) is 13.2 Å². The minimum Gasteiger partial charge on any atom is -0.372 e.